The summed E-state index contributed by atoms with van der Waals surface area (Å²) in [4.78, 5) is 0. The van der Waals surface area contributed by atoms with E-state index >= 15 is 0 Å². The van der Waals surface area contributed by atoms with Crippen LogP contribution in [-0.2, 0) is 0 Å². The summed E-state index contributed by atoms with van der Waals surface area (Å²) in [5.41, 5.74) is 2.66. The monoisotopic (exact) mass is 184 g/mol. The van der Waals surface area contributed by atoms with Gasteiger partial charge in [-0.3, -0.25) is 0 Å². The Kier molecular flexibility index (Phi) is 2.32. The molecule has 0 atom stereocenters. The summed E-state index contributed by atoms with van der Waals surface area (Å²) in [7, 11) is 0. The lowest BCUT2D eigenvalue weighted by Crippen LogP contribution is -2.36. The fraction of sp³-hybridized carbons (Fsp3) is 0.154. The second kappa shape index (κ2) is 3.62. The summed E-state index contributed by atoms with van der Waals surface area (Å²) in [6, 6.07) is 6.13. The molecule has 0 amide bonds. The summed E-state index contributed by atoms with van der Waals surface area (Å²) < 4.78 is 1.91. The van der Waals surface area contributed by atoms with Gasteiger partial charge >= 0.3 is 0 Å². The fourth-order valence-corrected chi connectivity index (χ4v) is 1.60. The number of aromatic nitrogens is 1. The largest absolute Gasteiger partial charge is 0.213 e. The minimum Gasteiger partial charge on any atom is -0.174 e. The van der Waals surface area contributed by atoms with Gasteiger partial charge in [-0.2, -0.15) is 4.24 Å². The van der Waals surface area contributed by atoms with Crippen molar-refractivity contribution >= 4 is 5.57 Å². The highest BCUT2D eigenvalue weighted by atomic mass is 14.8. The first-order valence-electron chi connectivity index (χ1n) is 4.80. The van der Waals surface area contributed by atoms with E-state index in [0.29, 0.717) is 0 Å². The van der Waals surface area contributed by atoms with Crippen molar-refractivity contribution in [3.8, 4) is 0 Å². The lowest BCUT2D eigenvalue weighted by Gasteiger charge is -2.02. The summed E-state index contributed by atoms with van der Waals surface area (Å²) in [5, 5.41) is 1.19. The molecule has 0 unspecified atom stereocenters. The van der Waals surface area contributed by atoms with Gasteiger partial charge in [0.2, 0.25) is 5.35 Å². The van der Waals surface area contributed by atoms with Crippen LogP contribution in [0.1, 0.15) is 13.3 Å². The maximum atomic E-state index is 3.96. The Hall–Kier alpha value is -1.63. The molecule has 0 radical (unpaired) electrons. The molecule has 1 heterocycles. The third-order valence-electron chi connectivity index (χ3n) is 2.46. The Labute approximate surface area is 84.1 Å². The smallest absolute Gasteiger partial charge is 0.174 e. The van der Waals surface area contributed by atoms with Crippen molar-refractivity contribution in [3.05, 3.63) is 60.3 Å². The number of nitrogens with zero attached hydrogens (tertiary/aromatic N) is 1. The predicted octanol–water partition coefficient (Wildman–Crippen LogP) is 1.67. The van der Waals surface area contributed by atoms with E-state index in [9.17, 15) is 0 Å². The minimum atomic E-state index is 1.00. The Morgan fingerprint density at radius 2 is 2.14 bits per heavy atom. The second-order valence-electron chi connectivity index (χ2n) is 3.57. The molecule has 1 aromatic rings. The maximum absolute atomic E-state index is 3.96. The van der Waals surface area contributed by atoms with Crippen molar-refractivity contribution < 1.29 is 4.24 Å². The van der Waals surface area contributed by atoms with Gasteiger partial charge in [-0.25, -0.2) is 0 Å². The number of rotatable bonds is 0. The van der Waals surface area contributed by atoms with Crippen LogP contribution in [0.25, 0.3) is 5.57 Å². The van der Waals surface area contributed by atoms with Gasteiger partial charge in [-0.1, -0.05) is 23.8 Å². The van der Waals surface area contributed by atoms with Gasteiger partial charge < -0.3 is 0 Å². The average Bonchev–Trinajstić information content (AvgIpc) is 2.20. The lowest BCUT2D eigenvalue weighted by molar-refractivity contribution is -0.514. The van der Waals surface area contributed by atoms with E-state index in [1.807, 2.05) is 22.6 Å². The van der Waals surface area contributed by atoms with Crippen LogP contribution in [0.2, 0.25) is 0 Å². The molecular weight excluding hydrogens is 170 g/mol. The number of hydrogen-bond acceptors (Lipinski definition) is 0. The van der Waals surface area contributed by atoms with Gasteiger partial charge in [-0.05, 0) is 19.4 Å². The SMILES string of the molecule is C=[n+]1cccc/c1=C1/C=CC(C)=CC1. The summed E-state index contributed by atoms with van der Waals surface area (Å²) in [6.07, 6.45) is 9.53. The molecule has 0 saturated carbocycles. The highest BCUT2D eigenvalue weighted by Crippen LogP contribution is 2.13. The average molecular weight is 184 g/mol. The highest BCUT2D eigenvalue weighted by molar-refractivity contribution is 5.60. The molecule has 1 aromatic heterocycles. The fourth-order valence-electron chi connectivity index (χ4n) is 1.60. The third kappa shape index (κ3) is 1.67. The van der Waals surface area contributed by atoms with Gasteiger partial charge in [0.05, 0.1) is 0 Å². The Bertz CT molecular complexity index is 506. The molecule has 1 aliphatic rings. The third-order valence-corrected chi connectivity index (χ3v) is 2.46. The molecule has 70 valence electrons. The molecule has 0 aliphatic heterocycles. The maximum Gasteiger partial charge on any atom is 0.213 e. The Morgan fingerprint density at radius 1 is 1.29 bits per heavy atom. The topological polar surface area (TPSA) is 5.90 Å². The van der Waals surface area contributed by atoms with Crippen LogP contribution in [-0.4, -0.2) is 0 Å². The molecule has 0 aromatic carbocycles. The molecule has 0 saturated heterocycles. The molecule has 0 bridgehead atoms. The summed E-state index contributed by atoms with van der Waals surface area (Å²) >= 11 is 0. The van der Waals surface area contributed by atoms with Crippen LogP contribution in [0.5, 0.6) is 0 Å². The molecule has 0 N–H and O–H groups in total. The first-order valence-corrected chi connectivity index (χ1v) is 4.80. The van der Waals surface area contributed by atoms with Crippen molar-refractivity contribution in [2.75, 3.05) is 0 Å². The number of hydrogen-bond donors (Lipinski definition) is 0. The van der Waals surface area contributed by atoms with Crippen molar-refractivity contribution in [1.29, 1.82) is 0 Å². The van der Waals surface area contributed by atoms with Crippen LogP contribution in [0.15, 0.2) is 48.2 Å². The van der Waals surface area contributed by atoms with Crippen molar-refractivity contribution in [2.24, 2.45) is 0 Å². The molecular formula is C13H14N+. The zero-order chi connectivity index (χ0) is 9.97. The molecule has 0 fully saturated rings. The highest BCUT2D eigenvalue weighted by Gasteiger charge is 2.03. The predicted molar refractivity (Wildman–Crippen MR) is 57.9 cm³/mol. The Balaban J connectivity index is 2.60. The van der Waals surface area contributed by atoms with E-state index in [1.54, 1.807) is 0 Å². The first-order chi connectivity index (χ1) is 6.77. The summed E-state index contributed by atoms with van der Waals surface area (Å²) in [5.74, 6) is 0. The van der Waals surface area contributed by atoms with Crippen molar-refractivity contribution in [2.45, 2.75) is 13.3 Å². The normalized spacial score (nSPS) is 19.4. The number of allylic oxidation sites excluding steroid dienone is 4. The van der Waals surface area contributed by atoms with E-state index in [-0.39, 0.29) is 0 Å². The first kappa shape index (κ1) is 8.95. The Morgan fingerprint density at radius 3 is 2.79 bits per heavy atom. The van der Waals surface area contributed by atoms with Gasteiger partial charge in [0.15, 0.2) is 6.20 Å². The zero-order valence-electron chi connectivity index (χ0n) is 8.40. The van der Waals surface area contributed by atoms with Crippen molar-refractivity contribution in [1.82, 2.24) is 0 Å². The lowest BCUT2D eigenvalue weighted by atomic mass is 10.0. The zero-order valence-corrected chi connectivity index (χ0v) is 8.40. The van der Waals surface area contributed by atoms with Crippen molar-refractivity contribution in [3.63, 3.8) is 0 Å². The van der Waals surface area contributed by atoms with Gasteiger partial charge in [-0.15, -0.1) is 0 Å². The van der Waals surface area contributed by atoms with Gasteiger partial charge in [0.1, 0.15) is 6.72 Å². The van der Waals surface area contributed by atoms with E-state index < -0.39 is 0 Å². The van der Waals surface area contributed by atoms with E-state index in [4.69, 9.17) is 0 Å². The van der Waals surface area contributed by atoms with Crippen LogP contribution in [0.3, 0.4) is 0 Å². The summed E-state index contributed by atoms with van der Waals surface area (Å²) in [6.45, 7) is 6.08. The van der Waals surface area contributed by atoms with E-state index in [0.717, 1.165) is 6.42 Å². The van der Waals surface area contributed by atoms with Gasteiger partial charge in [0.25, 0.3) is 0 Å². The molecule has 0 spiro atoms. The van der Waals surface area contributed by atoms with E-state index in [1.165, 1.54) is 16.5 Å². The van der Waals surface area contributed by atoms with Crippen LogP contribution >= 0.6 is 0 Å². The van der Waals surface area contributed by atoms with Crippen LogP contribution in [0.4, 0.5) is 0 Å². The van der Waals surface area contributed by atoms with Crippen LogP contribution < -0.4 is 9.59 Å². The molecule has 1 aliphatic carbocycles. The standard InChI is InChI=1S/C13H14N/c1-11-6-8-12(9-7-11)13-5-3-4-10-14(13)2/h3-8,10H,2,9H2,1H3/q+1/b13-12+. The molecule has 1 heteroatoms. The second-order valence-corrected chi connectivity index (χ2v) is 3.57. The molecule has 14 heavy (non-hydrogen) atoms. The number of pyridine rings is 1. The van der Waals surface area contributed by atoms with E-state index in [2.05, 4.69) is 37.9 Å². The minimum absolute atomic E-state index is 1.00. The molecule has 2 rings (SSSR count). The van der Waals surface area contributed by atoms with Crippen LogP contribution in [0, 0.1) is 6.72 Å². The molecule has 1 nitrogen and oxygen atoms in total. The quantitative estimate of drug-likeness (QED) is 0.541. The van der Waals surface area contributed by atoms with Gasteiger partial charge in [0, 0.05) is 17.7 Å².